The van der Waals surface area contributed by atoms with Gasteiger partial charge in [0.2, 0.25) is 9.05 Å². The Morgan fingerprint density at radius 3 is 2.33 bits per heavy atom. The van der Waals surface area contributed by atoms with E-state index in [1.807, 2.05) is 27.7 Å². The molecule has 1 saturated carbocycles. The molecule has 1 rings (SSSR count). The van der Waals surface area contributed by atoms with Gasteiger partial charge in [0.1, 0.15) is 5.60 Å². The van der Waals surface area contributed by atoms with Gasteiger partial charge < -0.3 is 10.1 Å². The van der Waals surface area contributed by atoms with Crippen molar-refractivity contribution in [2.45, 2.75) is 59.0 Å². The lowest BCUT2D eigenvalue weighted by atomic mass is 9.61. The van der Waals surface area contributed by atoms with Crippen LogP contribution < -0.4 is 5.32 Å². The third-order valence-electron chi connectivity index (χ3n) is 4.17. The van der Waals surface area contributed by atoms with Gasteiger partial charge in [0.25, 0.3) is 0 Å². The van der Waals surface area contributed by atoms with Crippen molar-refractivity contribution in [3.8, 4) is 0 Å². The van der Waals surface area contributed by atoms with Gasteiger partial charge in [-0.25, -0.2) is 13.2 Å². The molecule has 1 unspecified atom stereocenters. The lowest BCUT2D eigenvalue weighted by Crippen LogP contribution is -2.47. The maximum atomic E-state index is 11.7. The number of carbonyl (C=O) groups is 1. The average molecular weight is 340 g/mol. The summed E-state index contributed by atoms with van der Waals surface area (Å²) in [5.74, 6) is 0.166. The monoisotopic (exact) mass is 339 g/mol. The summed E-state index contributed by atoms with van der Waals surface area (Å²) in [5, 5.41) is 2.82. The first kappa shape index (κ1) is 18.6. The number of rotatable bonds is 6. The molecule has 5 nitrogen and oxygen atoms in total. The van der Waals surface area contributed by atoms with Gasteiger partial charge in [0.15, 0.2) is 0 Å². The molecule has 1 amide bonds. The molecule has 1 aliphatic rings. The molecule has 21 heavy (non-hydrogen) atoms. The number of hydrogen-bond donors (Lipinski definition) is 1. The van der Waals surface area contributed by atoms with E-state index in [1.165, 1.54) is 0 Å². The van der Waals surface area contributed by atoms with Crippen molar-refractivity contribution < 1.29 is 17.9 Å². The van der Waals surface area contributed by atoms with Crippen molar-refractivity contribution in [1.29, 1.82) is 0 Å². The number of alkyl carbamates (subject to hydrolysis) is 1. The standard InChI is InChI=1S/C14H26ClNO4S/c1-11(6-9-21(15,18)19)14(7-5-8-14)10-16-12(17)20-13(2,3)4/h11H,5-10H2,1-4H3,(H,16,17). The maximum absolute atomic E-state index is 11.7. The fourth-order valence-electron chi connectivity index (χ4n) is 2.66. The molecule has 1 atom stereocenters. The molecular weight excluding hydrogens is 314 g/mol. The molecule has 0 aromatic rings. The highest BCUT2D eigenvalue weighted by atomic mass is 35.7. The minimum Gasteiger partial charge on any atom is -0.444 e. The van der Waals surface area contributed by atoms with Gasteiger partial charge >= 0.3 is 6.09 Å². The molecule has 1 fully saturated rings. The van der Waals surface area contributed by atoms with Crippen LogP contribution in [0.25, 0.3) is 0 Å². The Kier molecular flexibility index (Phi) is 5.95. The van der Waals surface area contributed by atoms with Crippen LogP contribution in [0.3, 0.4) is 0 Å². The molecular formula is C14H26ClNO4S. The van der Waals surface area contributed by atoms with Gasteiger partial charge in [-0.05, 0) is 51.4 Å². The SMILES string of the molecule is CC(CCS(=O)(=O)Cl)C1(CNC(=O)OC(C)(C)C)CCC1. The molecule has 0 heterocycles. The lowest BCUT2D eigenvalue weighted by Gasteiger charge is -2.47. The summed E-state index contributed by atoms with van der Waals surface area (Å²) in [6.07, 6.45) is 3.18. The second-order valence-corrected chi connectivity index (χ2v) is 9.90. The van der Waals surface area contributed by atoms with Crippen molar-refractivity contribution in [3.05, 3.63) is 0 Å². The molecule has 0 aromatic heterocycles. The quantitative estimate of drug-likeness (QED) is 0.754. The van der Waals surface area contributed by atoms with Crippen LogP contribution in [-0.2, 0) is 13.8 Å². The van der Waals surface area contributed by atoms with E-state index in [9.17, 15) is 13.2 Å². The van der Waals surface area contributed by atoms with Crippen molar-refractivity contribution in [2.75, 3.05) is 12.3 Å². The van der Waals surface area contributed by atoms with Crippen LogP contribution in [0.1, 0.15) is 53.4 Å². The van der Waals surface area contributed by atoms with Gasteiger partial charge in [-0.1, -0.05) is 13.3 Å². The Balaban J connectivity index is 2.51. The summed E-state index contributed by atoms with van der Waals surface area (Å²) in [6, 6.07) is 0. The Morgan fingerprint density at radius 1 is 1.38 bits per heavy atom. The van der Waals surface area contributed by atoms with E-state index in [-0.39, 0.29) is 17.1 Å². The second-order valence-electron chi connectivity index (χ2n) is 7.00. The molecule has 1 aliphatic carbocycles. The maximum Gasteiger partial charge on any atom is 0.407 e. The van der Waals surface area contributed by atoms with E-state index in [4.69, 9.17) is 15.4 Å². The Morgan fingerprint density at radius 2 is 1.95 bits per heavy atom. The summed E-state index contributed by atoms with van der Waals surface area (Å²) in [7, 11) is 1.81. The van der Waals surface area contributed by atoms with E-state index in [2.05, 4.69) is 5.32 Å². The first-order valence-corrected chi connectivity index (χ1v) is 9.81. The van der Waals surface area contributed by atoms with Crippen LogP contribution in [-0.4, -0.2) is 32.4 Å². The summed E-state index contributed by atoms with van der Waals surface area (Å²) < 4.78 is 27.4. The van der Waals surface area contributed by atoms with E-state index >= 15 is 0 Å². The number of amides is 1. The molecule has 0 radical (unpaired) electrons. The van der Waals surface area contributed by atoms with E-state index in [0.717, 1.165) is 19.3 Å². The van der Waals surface area contributed by atoms with Crippen LogP contribution in [0, 0.1) is 11.3 Å². The molecule has 7 heteroatoms. The van der Waals surface area contributed by atoms with Crippen LogP contribution in [0.5, 0.6) is 0 Å². The average Bonchev–Trinajstić information content (AvgIpc) is 2.21. The second kappa shape index (κ2) is 6.73. The van der Waals surface area contributed by atoms with Crippen LogP contribution in [0.4, 0.5) is 4.79 Å². The summed E-state index contributed by atoms with van der Waals surface area (Å²) in [5.41, 5.74) is -0.548. The van der Waals surface area contributed by atoms with Gasteiger partial charge in [-0.15, -0.1) is 0 Å². The zero-order valence-corrected chi connectivity index (χ0v) is 14.8. The number of ether oxygens (including phenoxy) is 1. The van der Waals surface area contributed by atoms with Crippen LogP contribution in [0.2, 0.25) is 0 Å². The third-order valence-corrected chi connectivity index (χ3v) is 5.36. The van der Waals surface area contributed by atoms with Gasteiger partial charge in [0, 0.05) is 17.2 Å². The molecule has 124 valence electrons. The minimum absolute atomic E-state index is 0.0239. The van der Waals surface area contributed by atoms with E-state index in [1.54, 1.807) is 0 Å². The first-order chi connectivity index (χ1) is 9.44. The van der Waals surface area contributed by atoms with Crippen molar-refractivity contribution in [2.24, 2.45) is 11.3 Å². The van der Waals surface area contributed by atoms with Gasteiger partial charge in [0.05, 0.1) is 5.75 Å². The first-order valence-electron chi connectivity index (χ1n) is 7.33. The number of carbonyl (C=O) groups excluding carboxylic acids is 1. The number of halogens is 1. The molecule has 0 bridgehead atoms. The highest BCUT2D eigenvalue weighted by molar-refractivity contribution is 8.13. The summed E-state index contributed by atoms with van der Waals surface area (Å²) >= 11 is 0. The van der Waals surface area contributed by atoms with Crippen LogP contribution in [0.15, 0.2) is 0 Å². The third kappa shape index (κ3) is 6.43. The highest BCUT2D eigenvalue weighted by Gasteiger charge is 2.42. The van der Waals surface area contributed by atoms with E-state index < -0.39 is 20.7 Å². The minimum atomic E-state index is -3.46. The summed E-state index contributed by atoms with van der Waals surface area (Å²) in [4.78, 5) is 11.7. The topological polar surface area (TPSA) is 72.5 Å². The predicted octanol–water partition coefficient (Wildman–Crippen LogP) is 3.28. The van der Waals surface area contributed by atoms with Crippen LogP contribution >= 0.6 is 10.7 Å². The molecule has 1 N–H and O–H groups in total. The summed E-state index contributed by atoms with van der Waals surface area (Å²) in [6.45, 7) is 8.00. The Bertz CT molecular complexity index is 466. The van der Waals surface area contributed by atoms with Crippen molar-refractivity contribution in [1.82, 2.24) is 5.32 Å². The smallest absolute Gasteiger partial charge is 0.407 e. The molecule has 0 aromatic carbocycles. The van der Waals surface area contributed by atoms with Crippen molar-refractivity contribution in [3.63, 3.8) is 0 Å². The molecule has 0 saturated heterocycles. The largest absolute Gasteiger partial charge is 0.444 e. The predicted molar refractivity (Wildman–Crippen MR) is 83.9 cm³/mol. The fourth-order valence-corrected chi connectivity index (χ4v) is 3.56. The van der Waals surface area contributed by atoms with Gasteiger partial charge in [-0.2, -0.15) is 0 Å². The Labute approximate surface area is 132 Å². The zero-order chi connectivity index (χ0) is 16.3. The molecule has 0 aliphatic heterocycles. The van der Waals surface area contributed by atoms with Gasteiger partial charge in [-0.3, -0.25) is 0 Å². The fraction of sp³-hybridized carbons (Fsp3) is 0.929. The highest BCUT2D eigenvalue weighted by Crippen LogP contribution is 2.48. The number of nitrogens with one attached hydrogen (secondary N) is 1. The lowest BCUT2D eigenvalue weighted by molar-refractivity contribution is 0.0308. The normalized spacial score (nSPS) is 19.5. The zero-order valence-electron chi connectivity index (χ0n) is 13.2. The molecule has 0 spiro atoms. The Hall–Kier alpha value is -0.490. The number of hydrogen-bond acceptors (Lipinski definition) is 4. The van der Waals surface area contributed by atoms with E-state index in [0.29, 0.717) is 13.0 Å². The van der Waals surface area contributed by atoms with Crippen molar-refractivity contribution >= 4 is 25.8 Å².